The maximum absolute atomic E-state index is 11.1. The summed E-state index contributed by atoms with van der Waals surface area (Å²) in [4.78, 5) is 21.5. The number of hydrogen-bond donors (Lipinski definition) is 11. The molecule has 11 N–H and O–H groups in total. The monoisotopic (exact) mass is 532 g/mol. The van der Waals surface area contributed by atoms with Gasteiger partial charge in [0.15, 0.2) is 18.9 Å². The molecule has 0 aliphatic carbocycles. The van der Waals surface area contributed by atoms with Crippen molar-refractivity contribution in [1.29, 1.82) is 0 Å². The molecule has 2 aliphatic rings. The van der Waals surface area contributed by atoms with Gasteiger partial charge in [0.25, 0.3) is 0 Å². The van der Waals surface area contributed by atoms with E-state index in [2.05, 4.69) is 0 Å². The van der Waals surface area contributed by atoms with Crippen LogP contribution in [-0.2, 0) is 28.5 Å². The van der Waals surface area contributed by atoms with Crippen molar-refractivity contribution in [1.82, 2.24) is 0 Å². The number of ketones is 1. The number of carbonyl (C=O) groups excluding carboxylic acids is 2. The molecule has 0 unspecified atom stereocenters. The highest BCUT2D eigenvalue weighted by Gasteiger charge is 2.47. The minimum atomic E-state index is -2.33. The second kappa shape index (κ2) is 13.5. The molecule has 2 heterocycles. The van der Waals surface area contributed by atoms with Gasteiger partial charge in [-0.25, -0.2) is 0 Å². The Bertz CT molecular complexity index is 707. The number of carbonyl (C=O) groups is 2. The van der Waals surface area contributed by atoms with Crippen molar-refractivity contribution in [2.75, 3.05) is 19.8 Å². The molecule has 14 atom stereocenters. The minimum absolute atomic E-state index is 0.297. The fourth-order valence-corrected chi connectivity index (χ4v) is 3.53. The molecule has 17 nitrogen and oxygen atoms in total. The predicted octanol–water partition coefficient (Wildman–Crippen LogP) is -8.16. The van der Waals surface area contributed by atoms with Gasteiger partial charge in [0.05, 0.1) is 19.8 Å². The summed E-state index contributed by atoms with van der Waals surface area (Å²) in [5, 5.41) is 108. The highest BCUT2D eigenvalue weighted by molar-refractivity contribution is 6.27. The molecule has 0 radical (unpaired) electrons. The lowest BCUT2D eigenvalue weighted by molar-refractivity contribution is -0.333. The molecule has 2 aliphatic heterocycles. The van der Waals surface area contributed by atoms with Crippen LogP contribution in [0.15, 0.2) is 0 Å². The summed E-state index contributed by atoms with van der Waals surface area (Å²) in [5.41, 5.74) is 0. The second-order valence-electron chi connectivity index (χ2n) is 8.39. The van der Waals surface area contributed by atoms with Gasteiger partial charge >= 0.3 is 0 Å². The fourth-order valence-electron chi connectivity index (χ4n) is 3.53. The van der Waals surface area contributed by atoms with Crippen LogP contribution in [0, 0.1) is 0 Å². The molecule has 0 aromatic heterocycles. The lowest BCUT2D eigenvalue weighted by Crippen LogP contribution is -2.62. The standard InChI is InChI=1S/C19H32O17/c20-1-5(22)9(24)13(28)10(25)6(23)3-33-18-17(32)15(30)12(27)8(36-18)4-34-19-16(31)14(29)11(26)7(2-21)35-19/h1,6-19,21,23-32H,2-4H2/t6-,7-,8-,9+,10-,11-,12-,13-,14+,15+,16-,17-,18+,19+/m1/s1. The lowest BCUT2D eigenvalue weighted by atomic mass is 9.98. The van der Waals surface area contributed by atoms with E-state index in [4.69, 9.17) is 18.9 Å². The van der Waals surface area contributed by atoms with Crippen LogP contribution in [-0.4, -0.2) is 174 Å². The van der Waals surface area contributed by atoms with Gasteiger partial charge in [-0.05, 0) is 0 Å². The molecular formula is C19H32O17. The van der Waals surface area contributed by atoms with Crippen LogP contribution >= 0.6 is 0 Å². The minimum Gasteiger partial charge on any atom is -0.394 e. The molecule has 36 heavy (non-hydrogen) atoms. The number of aldehydes is 1. The second-order valence-corrected chi connectivity index (χ2v) is 8.39. The van der Waals surface area contributed by atoms with Crippen LogP contribution in [0.1, 0.15) is 0 Å². The molecule has 210 valence electrons. The molecule has 0 amide bonds. The first-order valence-electron chi connectivity index (χ1n) is 10.8. The van der Waals surface area contributed by atoms with E-state index in [1.165, 1.54) is 0 Å². The molecule has 0 aromatic rings. The van der Waals surface area contributed by atoms with Crippen molar-refractivity contribution in [3.8, 4) is 0 Å². The Hall–Kier alpha value is -1.26. The Balaban J connectivity index is 1.96. The topological polar surface area (TPSA) is 294 Å². The average Bonchev–Trinajstić information content (AvgIpc) is 2.88. The van der Waals surface area contributed by atoms with E-state index in [1.54, 1.807) is 0 Å². The Kier molecular flexibility index (Phi) is 11.6. The van der Waals surface area contributed by atoms with Crippen LogP contribution in [0.4, 0.5) is 0 Å². The quantitative estimate of drug-likeness (QED) is 0.0821. The molecule has 0 saturated carbocycles. The first-order valence-corrected chi connectivity index (χ1v) is 10.8. The van der Waals surface area contributed by atoms with E-state index in [-0.39, 0.29) is 6.29 Å². The molecule has 0 aromatic carbocycles. The number of Topliss-reactive ketones (excluding diaryl/α,β-unsaturated/α-hetero) is 1. The van der Waals surface area contributed by atoms with Crippen LogP contribution in [0.2, 0.25) is 0 Å². The van der Waals surface area contributed by atoms with Crippen molar-refractivity contribution >= 4 is 12.1 Å². The van der Waals surface area contributed by atoms with Gasteiger partial charge in [0.1, 0.15) is 73.2 Å². The third-order valence-corrected chi connectivity index (χ3v) is 5.85. The van der Waals surface area contributed by atoms with Crippen LogP contribution < -0.4 is 0 Å². The first-order chi connectivity index (χ1) is 16.8. The van der Waals surface area contributed by atoms with E-state index in [0.29, 0.717) is 0 Å². The van der Waals surface area contributed by atoms with Crippen LogP contribution in [0.3, 0.4) is 0 Å². The van der Waals surface area contributed by atoms with E-state index in [0.717, 1.165) is 0 Å². The number of aliphatic hydroxyl groups is 11. The Labute approximate surface area is 203 Å². The molecule has 2 rings (SSSR count). The summed E-state index contributed by atoms with van der Waals surface area (Å²) >= 11 is 0. The maximum atomic E-state index is 11.1. The van der Waals surface area contributed by atoms with E-state index in [1.807, 2.05) is 0 Å². The predicted molar refractivity (Wildman–Crippen MR) is 107 cm³/mol. The third kappa shape index (κ3) is 6.98. The Morgan fingerprint density at radius 1 is 0.750 bits per heavy atom. The SMILES string of the molecule is O=CC(=O)[C@H](O)[C@@H](O)[C@H](O)[C@H](O)CO[C@H]1O[C@H](CO[C@H]2O[C@H](CO)[C@@H](O)[C@H](O)[C@H]2O)[C@@H](O)[C@H](O)[C@H]1O. The summed E-state index contributed by atoms with van der Waals surface area (Å²) in [7, 11) is 0. The molecule has 2 saturated heterocycles. The highest BCUT2D eigenvalue weighted by Crippen LogP contribution is 2.26. The van der Waals surface area contributed by atoms with Crippen molar-refractivity contribution in [3.05, 3.63) is 0 Å². The number of rotatable bonds is 12. The molecule has 0 spiro atoms. The smallest absolute Gasteiger partial charge is 0.226 e. The maximum Gasteiger partial charge on any atom is 0.226 e. The molecule has 17 heteroatoms. The molecule has 2 fully saturated rings. The average molecular weight is 532 g/mol. The van der Waals surface area contributed by atoms with Crippen molar-refractivity contribution in [3.63, 3.8) is 0 Å². The van der Waals surface area contributed by atoms with Gasteiger partial charge in [-0.1, -0.05) is 0 Å². The van der Waals surface area contributed by atoms with Crippen LogP contribution in [0.5, 0.6) is 0 Å². The first kappa shape index (κ1) is 31.0. The highest BCUT2D eigenvalue weighted by atomic mass is 16.7. The number of hydrogen-bond acceptors (Lipinski definition) is 17. The van der Waals surface area contributed by atoms with Gasteiger partial charge in [0, 0.05) is 0 Å². The zero-order valence-electron chi connectivity index (χ0n) is 18.7. The summed E-state index contributed by atoms with van der Waals surface area (Å²) in [5.74, 6) is -1.46. The zero-order valence-corrected chi connectivity index (χ0v) is 18.7. The molecule has 0 bridgehead atoms. The largest absolute Gasteiger partial charge is 0.394 e. The van der Waals surface area contributed by atoms with Crippen LogP contribution in [0.25, 0.3) is 0 Å². The summed E-state index contributed by atoms with van der Waals surface area (Å²) in [6.45, 7) is -2.26. The van der Waals surface area contributed by atoms with Gasteiger partial charge < -0.3 is 75.1 Å². The third-order valence-electron chi connectivity index (χ3n) is 5.85. The van der Waals surface area contributed by atoms with E-state index < -0.39 is 111 Å². The van der Waals surface area contributed by atoms with Crippen molar-refractivity contribution in [2.24, 2.45) is 0 Å². The Morgan fingerprint density at radius 3 is 1.78 bits per heavy atom. The lowest BCUT2D eigenvalue weighted by Gasteiger charge is -2.42. The fraction of sp³-hybridized carbons (Fsp3) is 0.895. The molecular weight excluding hydrogens is 500 g/mol. The number of ether oxygens (including phenoxy) is 4. The summed E-state index contributed by atoms with van der Waals surface area (Å²) in [6, 6.07) is 0. The summed E-state index contributed by atoms with van der Waals surface area (Å²) in [6.07, 6.45) is -25.9. The van der Waals surface area contributed by atoms with Crippen molar-refractivity contribution in [2.45, 2.75) is 85.8 Å². The summed E-state index contributed by atoms with van der Waals surface area (Å²) < 4.78 is 20.8. The van der Waals surface area contributed by atoms with Crippen molar-refractivity contribution < 1.29 is 84.7 Å². The number of aliphatic hydroxyl groups excluding tert-OH is 11. The van der Waals surface area contributed by atoms with E-state index in [9.17, 15) is 65.8 Å². The normalized spacial score (nSPS) is 40.8. The van der Waals surface area contributed by atoms with Gasteiger partial charge in [-0.2, -0.15) is 0 Å². The van der Waals surface area contributed by atoms with Gasteiger partial charge in [-0.3, -0.25) is 9.59 Å². The Morgan fingerprint density at radius 2 is 1.25 bits per heavy atom. The zero-order chi connectivity index (χ0) is 27.3. The van der Waals surface area contributed by atoms with Gasteiger partial charge in [-0.15, -0.1) is 0 Å². The van der Waals surface area contributed by atoms with Gasteiger partial charge in [0.2, 0.25) is 5.78 Å². The van der Waals surface area contributed by atoms with E-state index >= 15 is 0 Å².